The van der Waals surface area contributed by atoms with E-state index >= 15 is 0 Å². The lowest BCUT2D eigenvalue weighted by atomic mass is 10.0. The minimum Gasteiger partial charge on any atom is -0.460 e. The van der Waals surface area contributed by atoms with Gasteiger partial charge in [-0.2, -0.15) is 0 Å². The average Bonchev–Trinajstić information content (AvgIpc) is 2.18. The van der Waals surface area contributed by atoms with Crippen LogP contribution in [0.15, 0.2) is 18.2 Å². The maximum Gasteiger partial charge on any atom is 0.313 e. The lowest BCUT2D eigenvalue weighted by Crippen LogP contribution is -2.26. The predicted octanol–water partition coefficient (Wildman–Crippen LogP) is 4.44. The Kier molecular flexibility index (Phi) is 4.45. The van der Waals surface area contributed by atoms with Crippen molar-refractivity contribution in [3.8, 4) is 0 Å². The lowest BCUT2D eigenvalue weighted by molar-refractivity contribution is -0.156. The maximum atomic E-state index is 11.9. The molecule has 1 atom stereocenters. The second kappa shape index (κ2) is 5.28. The molecule has 0 radical (unpaired) electrons. The van der Waals surface area contributed by atoms with E-state index in [1.54, 1.807) is 25.1 Å². The number of rotatable bonds is 2. The molecule has 94 valence electrons. The van der Waals surface area contributed by atoms with Crippen LogP contribution in [0.2, 0.25) is 10.0 Å². The highest BCUT2D eigenvalue weighted by atomic mass is 35.5. The molecule has 0 spiro atoms. The number of carbonyl (C=O) groups is 1. The fourth-order valence-corrected chi connectivity index (χ4v) is 1.83. The predicted molar refractivity (Wildman–Crippen MR) is 70.7 cm³/mol. The summed E-state index contributed by atoms with van der Waals surface area (Å²) in [4.78, 5) is 11.9. The van der Waals surface area contributed by atoms with Gasteiger partial charge < -0.3 is 4.74 Å². The average molecular weight is 275 g/mol. The topological polar surface area (TPSA) is 26.3 Å². The molecule has 0 fully saturated rings. The first-order chi connectivity index (χ1) is 7.70. The minimum atomic E-state index is -0.504. The summed E-state index contributed by atoms with van der Waals surface area (Å²) < 4.78 is 5.31. The van der Waals surface area contributed by atoms with Crippen molar-refractivity contribution in [2.75, 3.05) is 0 Å². The summed E-state index contributed by atoms with van der Waals surface area (Å²) >= 11 is 11.9. The Labute approximate surface area is 112 Å². The number of esters is 1. The van der Waals surface area contributed by atoms with Crippen molar-refractivity contribution >= 4 is 29.2 Å². The maximum absolute atomic E-state index is 11.9. The van der Waals surface area contributed by atoms with E-state index in [2.05, 4.69) is 0 Å². The summed E-state index contributed by atoms with van der Waals surface area (Å²) in [7, 11) is 0. The standard InChI is InChI=1S/C13H16Cl2O2/c1-8(12(16)17-13(2,3)4)10-7-9(14)5-6-11(10)15/h5-8H,1-4H3. The van der Waals surface area contributed by atoms with Crippen LogP contribution in [0.4, 0.5) is 0 Å². The van der Waals surface area contributed by atoms with Crippen LogP contribution >= 0.6 is 23.2 Å². The van der Waals surface area contributed by atoms with E-state index in [9.17, 15) is 4.79 Å². The van der Waals surface area contributed by atoms with Crippen LogP contribution in [0.1, 0.15) is 39.2 Å². The fraction of sp³-hybridized carbons (Fsp3) is 0.462. The number of carbonyl (C=O) groups excluding carboxylic acids is 1. The molecule has 4 heteroatoms. The quantitative estimate of drug-likeness (QED) is 0.746. The van der Waals surface area contributed by atoms with Crippen LogP contribution in [0.25, 0.3) is 0 Å². The van der Waals surface area contributed by atoms with Gasteiger partial charge >= 0.3 is 5.97 Å². The first-order valence-electron chi connectivity index (χ1n) is 5.38. The van der Waals surface area contributed by atoms with Crippen molar-refractivity contribution in [3.05, 3.63) is 33.8 Å². The molecular formula is C13H16Cl2O2. The molecule has 0 saturated carbocycles. The molecular weight excluding hydrogens is 259 g/mol. The molecule has 0 N–H and O–H groups in total. The third-order valence-corrected chi connectivity index (χ3v) is 2.76. The lowest BCUT2D eigenvalue weighted by Gasteiger charge is -2.22. The zero-order valence-corrected chi connectivity index (χ0v) is 11.9. The van der Waals surface area contributed by atoms with Crippen molar-refractivity contribution in [3.63, 3.8) is 0 Å². The van der Waals surface area contributed by atoms with Crippen molar-refractivity contribution in [2.24, 2.45) is 0 Å². The molecule has 0 amide bonds. The molecule has 0 saturated heterocycles. The highest BCUT2D eigenvalue weighted by Gasteiger charge is 2.24. The molecule has 0 aliphatic rings. The Balaban J connectivity index is 2.92. The van der Waals surface area contributed by atoms with Crippen LogP contribution in [-0.4, -0.2) is 11.6 Å². The van der Waals surface area contributed by atoms with Gasteiger partial charge in [0.15, 0.2) is 0 Å². The molecule has 0 heterocycles. The van der Waals surface area contributed by atoms with E-state index in [0.717, 1.165) is 0 Å². The molecule has 1 unspecified atom stereocenters. The Morgan fingerprint density at radius 1 is 1.29 bits per heavy atom. The van der Waals surface area contributed by atoms with Gasteiger partial charge in [0.05, 0.1) is 5.92 Å². The molecule has 0 bridgehead atoms. The zero-order valence-electron chi connectivity index (χ0n) is 10.4. The van der Waals surface area contributed by atoms with Crippen LogP contribution < -0.4 is 0 Å². The number of hydrogen-bond acceptors (Lipinski definition) is 2. The SMILES string of the molecule is CC(C(=O)OC(C)(C)C)c1cc(Cl)ccc1Cl. The smallest absolute Gasteiger partial charge is 0.313 e. The van der Waals surface area contributed by atoms with E-state index in [1.165, 1.54) is 0 Å². The van der Waals surface area contributed by atoms with E-state index in [0.29, 0.717) is 15.6 Å². The number of halogens is 2. The zero-order chi connectivity index (χ0) is 13.2. The molecule has 0 aliphatic carbocycles. The summed E-state index contributed by atoms with van der Waals surface area (Å²) in [5.41, 5.74) is 0.185. The number of hydrogen-bond donors (Lipinski definition) is 0. The molecule has 17 heavy (non-hydrogen) atoms. The Morgan fingerprint density at radius 2 is 1.88 bits per heavy atom. The van der Waals surface area contributed by atoms with E-state index in [1.807, 2.05) is 20.8 Å². The molecule has 0 aromatic heterocycles. The summed E-state index contributed by atoms with van der Waals surface area (Å²) in [5.74, 6) is -0.734. The number of benzene rings is 1. The van der Waals surface area contributed by atoms with Gasteiger partial charge in [-0.3, -0.25) is 4.79 Å². The second-order valence-electron chi connectivity index (χ2n) is 4.92. The highest BCUT2D eigenvalue weighted by molar-refractivity contribution is 6.33. The van der Waals surface area contributed by atoms with Gasteiger partial charge in [0.1, 0.15) is 5.60 Å². The summed E-state index contributed by atoms with van der Waals surface area (Å²) in [6.07, 6.45) is 0. The molecule has 1 rings (SSSR count). The first kappa shape index (κ1) is 14.3. The Bertz CT molecular complexity index is 422. The van der Waals surface area contributed by atoms with E-state index in [-0.39, 0.29) is 5.97 Å². The first-order valence-corrected chi connectivity index (χ1v) is 6.14. The summed E-state index contributed by atoms with van der Waals surface area (Å²) in [5, 5.41) is 1.08. The van der Waals surface area contributed by atoms with Crippen LogP contribution in [-0.2, 0) is 9.53 Å². The summed E-state index contributed by atoms with van der Waals surface area (Å²) in [6.45, 7) is 7.25. The van der Waals surface area contributed by atoms with Crippen molar-refractivity contribution in [2.45, 2.75) is 39.2 Å². The summed E-state index contributed by atoms with van der Waals surface area (Å²) in [6, 6.07) is 5.06. The van der Waals surface area contributed by atoms with Gasteiger partial charge in [0.25, 0.3) is 0 Å². The van der Waals surface area contributed by atoms with Crippen LogP contribution in [0.3, 0.4) is 0 Å². The van der Waals surface area contributed by atoms with Crippen LogP contribution in [0, 0.1) is 0 Å². The normalized spacial score (nSPS) is 13.3. The van der Waals surface area contributed by atoms with Gasteiger partial charge in [-0.15, -0.1) is 0 Å². The van der Waals surface area contributed by atoms with Gasteiger partial charge in [-0.05, 0) is 51.5 Å². The van der Waals surface area contributed by atoms with E-state index < -0.39 is 11.5 Å². The highest BCUT2D eigenvalue weighted by Crippen LogP contribution is 2.29. The Morgan fingerprint density at radius 3 is 2.41 bits per heavy atom. The van der Waals surface area contributed by atoms with Gasteiger partial charge in [-0.25, -0.2) is 0 Å². The second-order valence-corrected chi connectivity index (χ2v) is 5.76. The Hall–Kier alpha value is -0.730. The van der Waals surface area contributed by atoms with Crippen molar-refractivity contribution in [1.29, 1.82) is 0 Å². The van der Waals surface area contributed by atoms with Gasteiger partial charge in [-0.1, -0.05) is 23.2 Å². The van der Waals surface area contributed by atoms with E-state index in [4.69, 9.17) is 27.9 Å². The monoisotopic (exact) mass is 274 g/mol. The van der Waals surface area contributed by atoms with Crippen molar-refractivity contribution < 1.29 is 9.53 Å². The number of ether oxygens (including phenoxy) is 1. The fourth-order valence-electron chi connectivity index (χ4n) is 1.36. The molecule has 2 nitrogen and oxygen atoms in total. The third-order valence-electron chi connectivity index (χ3n) is 2.18. The molecule has 1 aromatic rings. The van der Waals surface area contributed by atoms with Gasteiger partial charge in [0, 0.05) is 10.0 Å². The van der Waals surface area contributed by atoms with Crippen molar-refractivity contribution in [1.82, 2.24) is 0 Å². The largest absolute Gasteiger partial charge is 0.460 e. The van der Waals surface area contributed by atoms with Gasteiger partial charge in [0.2, 0.25) is 0 Å². The van der Waals surface area contributed by atoms with Crippen LogP contribution in [0.5, 0.6) is 0 Å². The third kappa shape index (κ3) is 4.21. The molecule has 1 aromatic carbocycles. The molecule has 0 aliphatic heterocycles. The minimum absolute atomic E-state index is 0.304.